The summed E-state index contributed by atoms with van der Waals surface area (Å²) in [5.41, 5.74) is 3.26. The Morgan fingerprint density at radius 2 is 1.87 bits per heavy atom. The van der Waals surface area contributed by atoms with Crippen LogP contribution in [0.25, 0.3) is 0 Å². The van der Waals surface area contributed by atoms with E-state index >= 15 is 0 Å². The van der Waals surface area contributed by atoms with E-state index in [4.69, 9.17) is 0 Å². The van der Waals surface area contributed by atoms with Gasteiger partial charge in [0.15, 0.2) is 5.69 Å². The van der Waals surface area contributed by atoms with Crippen LogP contribution in [0.15, 0.2) is 30.3 Å². The molecule has 3 rings (SSSR count). The third kappa shape index (κ3) is 3.86. The summed E-state index contributed by atoms with van der Waals surface area (Å²) in [6, 6.07) is 9.99. The van der Waals surface area contributed by atoms with Gasteiger partial charge in [0.25, 0.3) is 5.91 Å². The third-order valence-corrected chi connectivity index (χ3v) is 4.25. The molecule has 1 aromatic heterocycles. The summed E-state index contributed by atoms with van der Waals surface area (Å²) in [7, 11) is 0. The Balaban J connectivity index is 1.66. The lowest BCUT2D eigenvalue weighted by Gasteiger charge is -2.12. The normalized spacial score (nSPS) is 14.7. The van der Waals surface area contributed by atoms with Crippen molar-refractivity contribution in [3.8, 4) is 0 Å². The summed E-state index contributed by atoms with van der Waals surface area (Å²) in [5.74, 6) is 0.499. The molecule has 1 saturated carbocycles. The summed E-state index contributed by atoms with van der Waals surface area (Å²) in [6.07, 6.45) is 4.88. The summed E-state index contributed by atoms with van der Waals surface area (Å²) in [5, 5.41) is 14.4. The van der Waals surface area contributed by atoms with Gasteiger partial charge in [-0.05, 0) is 56.0 Å². The highest BCUT2D eigenvalue weighted by Gasteiger charge is 2.16. The Labute approximate surface area is 136 Å². The molecule has 0 spiro atoms. The molecule has 0 aliphatic heterocycles. The SMILES string of the molecule is Cc1ccc(C)c(NC(=O)c2ccc(NC3CCCC3)nn2)c1. The smallest absolute Gasteiger partial charge is 0.276 e. The van der Waals surface area contributed by atoms with Crippen LogP contribution in [0.4, 0.5) is 11.5 Å². The zero-order valence-electron chi connectivity index (χ0n) is 13.6. The first-order chi connectivity index (χ1) is 11.1. The Hall–Kier alpha value is -2.43. The summed E-state index contributed by atoms with van der Waals surface area (Å²) in [6.45, 7) is 3.97. The predicted molar refractivity (Wildman–Crippen MR) is 91.8 cm³/mol. The molecule has 1 fully saturated rings. The van der Waals surface area contributed by atoms with Crippen molar-refractivity contribution in [2.45, 2.75) is 45.6 Å². The minimum atomic E-state index is -0.237. The van der Waals surface area contributed by atoms with E-state index in [2.05, 4.69) is 20.8 Å². The molecular weight excluding hydrogens is 288 g/mol. The Morgan fingerprint density at radius 1 is 1.09 bits per heavy atom. The van der Waals surface area contributed by atoms with Gasteiger partial charge in [-0.15, -0.1) is 10.2 Å². The molecule has 1 heterocycles. The van der Waals surface area contributed by atoms with E-state index < -0.39 is 0 Å². The lowest BCUT2D eigenvalue weighted by molar-refractivity contribution is 0.102. The van der Waals surface area contributed by atoms with E-state index in [9.17, 15) is 4.79 Å². The minimum Gasteiger partial charge on any atom is -0.366 e. The molecule has 5 heteroatoms. The van der Waals surface area contributed by atoms with Crippen LogP contribution in [-0.2, 0) is 0 Å². The molecule has 5 nitrogen and oxygen atoms in total. The van der Waals surface area contributed by atoms with Crippen molar-refractivity contribution in [1.29, 1.82) is 0 Å². The number of benzene rings is 1. The summed E-state index contributed by atoms with van der Waals surface area (Å²) in [4.78, 5) is 12.3. The maximum atomic E-state index is 12.3. The summed E-state index contributed by atoms with van der Waals surface area (Å²) < 4.78 is 0. The van der Waals surface area contributed by atoms with E-state index in [1.807, 2.05) is 38.1 Å². The fourth-order valence-corrected chi connectivity index (χ4v) is 2.87. The quantitative estimate of drug-likeness (QED) is 0.903. The van der Waals surface area contributed by atoms with Crippen molar-refractivity contribution in [1.82, 2.24) is 10.2 Å². The molecule has 1 amide bonds. The number of hydrogen-bond acceptors (Lipinski definition) is 4. The van der Waals surface area contributed by atoms with Crippen molar-refractivity contribution >= 4 is 17.4 Å². The Morgan fingerprint density at radius 3 is 2.57 bits per heavy atom. The van der Waals surface area contributed by atoms with Gasteiger partial charge in [-0.1, -0.05) is 25.0 Å². The summed E-state index contributed by atoms with van der Waals surface area (Å²) >= 11 is 0. The van der Waals surface area contributed by atoms with Gasteiger partial charge < -0.3 is 10.6 Å². The van der Waals surface area contributed by atoms with Gasteiger partial charge in [0.1, 0.15) is 5.82 Å². The van der Waals surface area contributed by atoms with Crippen LogP contribution in [-0.4, -0.2) is 22.1 Å². The number of hydrogen-bond donors (Lipinski definition) is 2. The molecule has 0 unspecified atom stereocenters. The maximum Gasteiger partial charge on any atom is 0.276 e. The first-order valence-electron chi connectivity index (χ1n) is 8.11. The fraction of sp³-hybridized carbons (Fsp3) is 0.389. The predicted octanol–water partition coefficient (Wildman–Crippen LogP) is 3.70. The Kier molecular flexibility index (Phi) is 4.55. The molecule has 1 aromatic carbocycles. The topological polar surface area (TPSA) is 66.9 Å². The van der Waals surface area contributed by atoms with Crippen LogP contribution in [0.2, 0.25) is 0 Å². The zero-order valence-corrected chi connectivity index (χ0v) is 13.6. The maximum absolute atomic E-state index is 12.3. The molecule has 0 radical (unpaired) electrons. The highest BCUT2D eigenvalue weighted by molar-refractivity contribution is 6.03. The van der Waals surface area contributed by atoms with Gasteiger partial charge in [-0.2, -0.15) is 0 Å². The monoisotopic (exact) mass is 310 g/mol. The van der Waals surface area contributed by atoms with Gasteiger partial charge >= 0.3 is 0 Å². The molecule has 0 bridgehead atoms. The van der Waals surface area contributed by atoms with Crippen LogP contribution in [0.1, 0.15) is 47.3 Å². The van der Waals surface area contributed by atoms with E-state index in [1.165, 1.54) is 25.7 Å². The van der Waals surface area contributed by atoms with Gasteiger partial charge in [0.2, 0.25) is 0 Å². The van der Waals surface area contributed by atoms with Crippen molar-refractivity contribution in [3.05, 3.63) is 47.2 Å². The van der Waals surface area contributed by atoms with E-state index in [-0.39, 0.29) is 5.91 Å². The number of rotatable bonds is 4. The zero-order chi connectivity index (χ0) is 16.2. The number of carbonyl (C=O) groups is 1. The number of anilines is 2. The number of carbonyl (C=O) groups excluding carboxylic acids is 1. The number of amides is 1. The lowest BCUT2D eigenvalue weighted by Crippen LogP contribution is -2.18. The van der Waals surface area contributed by atoms with Crippen molar-refractivity contribution in [2.24, 2.45) is 0 Å². The number of nitrogens with zero attached hydrogens (tertiary/aromatic N) is 2. The molecule has 0 atom stereocenters. The molecule has 0 saturated heterocycles. The fourth-order valence-electron chi connectivity index (χ4n) is 2.87. The first kappa shape index (κ1) is 15.5. The molecule has 120 valence electrons. The minimum absolute atomic E-state index is 0.237. The third-order valence-electron chi connectivity index (χ3n) is 4.25. The molecule has 23 heavy (non-hydrogen) atoms. The van der Waals surface area contributed by atoms with Gasteiger partial charge in [0.05, 0.1) is 0 Å². The highest BCUT2D eigenvalue weighted by Crippen LogP contribution is 2.21. The number of aromatic nitrogens is 2. The number of aryl methyl sites for hydroxylation is 2. The Bertz CT molecular complexity index is 691. The van der Waals surface area contributed by atoms with E-state index in [0.29, 0.717) is 11.7 Å². The van der Waals surface area contributed by atoms with Crippen LogP contribution in [0, 0.1) is 13.8 Å². The van der Waals surface area contributed by atoms with Gasteiger partial charge in [-0.25, -0.2) is 0 Å². The molecule has 2 N–H and O–H groups in total. The molecule has 1 aliphatic rings. The van der Waals surface area contributed by atoms with Gasteiger partial charge in [0, 0.05) is 11.7 Å². The first-order valence-corrected chi connectivity index (χ1v) is 8.11. The van der Waals surface area contributed by atoms with Crippen molar-refractivity contribution in [2.75, 3.05) is 10.6 Å². The molecule has 1 aliphatic carbocycles. The van der Waals surface area contributed by atoms with Gasteiger partial charge in [-0.3, -0.25) is 4.79 Å². The van der Waals surface area contributed by atoms with Crippen LogP contribution in [0.5, 0.6) is 0 Å². The molecule has 2 aromatic rings. The average molecular weight is 310 g/mol. The molecular formula is C18H22N4O. The van der Waals surface area contributed by atoms with Crippen LogP contribution < -0.4 is 10.6 Å². The van der Waals surface area contributed by atoms with E-state index in [1.54, 1.807) is 6.07 Å². The average Bonchev–Trinajstić information content (AvgIpc) is 3.04. The van der Waals surface area contributed by atoms with E-state index in [0.717, 1.165) is 22.6 Å². The standard InChI is InChI=1S/C18H22N4O/c1-12-7-8-13(2)16(11-12)20-18(23)15-9-10-17(22-21-15)19-14-5-3-4-6-14/h7-11,14H,3-6H2,1-2H3,(H,19,22)(H,20,23). The second-order valence-electron chi connectivity index (χ2n) is 6.20. The number of nitrogens with one attached hydrogen (secondary N) is 2. The largest absolute Gasteiger partial charge is 0.366 e. The van der Waals surface area contributed by atoms with Crippen molar-refractivity contribution in [3.63, 3.8) is 0 Å². The second kappa shape index (κ2) is 6.77. The second-order valence-corrected chi connectivity index (χ2v) is 6.20. The van der Waals surface area contributed by atoms with Crippen LogP contribution >= 0.6 is 0 Å². The van der Waals surface area contributed by atoms with Crippen molar-refractivity contribution < 1.29 is 4.79 Å². The lowest BCUT2D eigenvalue weighted by atomic mass is 10.1. The van der Waals surface area contributed by atoms with Crippen LogP contribution in [0.3, 0.4) is 0 Å². The highest BCUT2D eigenvalue weighted by atomic mass is 16.1.